The second-order valence-electron chi connectivity index (χ2n) is 4.88. The van der Waals surface area contributed by atoms with Crippen molar-refractivity contribution in [2.75, 3.05) is 13.1 Å². The first-order valence-corrected chi connectivity index (χ1v) is 6.35. The molecule has 1 heterocycles. The van der Waals surface area contributed by atoms with Crippen LogP contribution in [-0.4, -0.2) is 35.8 Å². The van der Waals surface area contributed by atoms with Crippen LogP contribution in [0, 0.1) is 5.92 Å². The van der Waals surface area contributed by atoms with E-state index in [2.05, 4.69) is 0 Å². The number of piperidine rings is 1. The van der Waals surface area contributed by atoms with Gasteiger partial charge in [-0.05, 0) is 38.1 Å². The molecule has 0 bridgehead atoms. The average Bonchev–Trinajstić information content (AvgIpc) is 2.35. The van der Waals surface area contributed by atoms with E-state index in [1.165, 1.54) is 0 Å². The third kappa shape index (κ3) is 4.00. The van der Waals surface area contributed by atoms with Crippen molar-refractivity contribution >= 4 is 11.8 Å². The van der Waals surface area contributed by atoms with Gasteiger partial charge in [0.05, 0.1) is 0 Å². The van der Waals surface area contributed by atoms with E-state index in [9.17, 15) is 9.59 Å². The fourth-order valence-electron chi connectivity index (χ4n) is 2.16. The Hall–Kier alpha value is -1.10. The summed E-state index contributed by atoms with van der Waals surface area (Å²) in [7, 11) is 0. The van der Waals surface area contributed by atoms with Crippen LogP contribution < -0.4 is 11.5 Å². The minimum Gasteiger partial charge on any atom is -0.368 e. The van der Waals surface area contributed by atoms with Gasteiger partial charge in [0.25, 0.3) is 0 Å². The molecule has 1 saturated heterocycles. The van der Waals surface area contributed by atoms with Gasteiger partial charge in [-0.3, -0.25) is 9.59 Å². The zero-order chi connectivity index (χ0) is 12.8. The zero-order valence-corrected chi connectivity index (χ0v) is 10.5. The minimum atomic E-state index is -0.399. The number of hydrogen-bond acceptors (Lipinski definition) is 3. The van der Waals surface area contributed by atoms with Gasteiger partial charge in [-0.15, -0.1) is 0 Å². The Morgan fingerprint density at radius 1 is 1.41 bits per heavy atom. The van der Waals surface area contributed by atoms with Crippen LogP contribution in [0.3, 0.4) is 0 Å². The molecule has 0 aromatic heterocycles. The number of carbonyl (C=O) groups excluding carboxylic acids is 2. The van der Waals surface area contributed by atoms with Gasteiger partial charge in [0.1, 0.15) is 6.04 Å². The van der Waals surface area contributed by atoms with E-state index in [0.717, 1.165) is 19.3 Å². The Morgan fingerprint density at radius 2 is 2.12 bits per heavy atom. The summed E-state index contributed by atoms with van der Waals surface area (Å²) in [6.07, 6.45) is 3.87. The molecule has 1 fully saturated rings. The summed E-state index contributed by atoms with van der Waals surface area (Å²) in [4.78, 5) is 24.9. The Labute approximate surface area is 103 Å². The summed E-state index contributed by atoms with van der Waals surface area (Å²) >= 11 is 0. The molecule has 2 amide bonds. The third-order valence-corrected chi connectivity index (χ3v) is 3.40. The standard InChI is InChI=1S/C12H23N3O2/c1-9(8-13)5-6-11(16)15-7-3-2-4-10(15)12(14)17/h9-10H,2-8,13H2,1H3,(H2,14,17). The van der Waals surface area contributed by atoms with E-state index in [1.807, 2.05) is 6.92 Å². The van der Waals surface area contributed by atoms with E-state index in [4.69, 9.17) is 11.5 Å². The molecule has 5 heteroatoms. The van der Waals surface area contributed by atoms with Crippen LogP contribution >= 0.6 is 0 Å². The van der Waals surface area contributed by atoms with E-state index in [1.54, 1.807) is 4.90 Å². The fraction of sp³-hybridized carbons (Fsp3) is 0.833. The highest BCUT2D eigenvalue weighted by Crippen LogP contribution is 2.18. The molecular formula is C12H23N3O2. The highest BCUT2D eigenvalue weighted by molar-refractivity contribution is 5.86. The normalized spacial score (nSPS) is 22.2. The highest BCUT2D eigenvalue weighted by atomic mass is 16.2. The zero-order valence-electron chi connectivity index (χ0n) is 10.5. The molecule has 0 aromatic rings. The number of amides is 2. The van der Waals surface area contributed by atoms with E-state index >= 15 is 0 Å². The van der Waals surface area contributed by atoms with Crippen LogP contribution in [0.5, 0.6) is 0 Å². The number of nitrogens with two attached hydrogens (primary N) is 2. The Bertz CT molecular complexity index is 281. The molecule has 1 rings (SSSR count). The highest BCUT2D eigenvalue weighted by Gasteiger charge is 2.30. The summed E-state index contributed by atoms with van der Waals surface area (Å²) in [5.74, 6) is -0.00510. The topological polar surface area (TPSA) is 89.4 Å². The van der Waals surface area contributed by atoms with Crippen molar-refractivity contribution in [2.24, 2.45) is 17.4 Å². The minimum absolute atomic E-state index is 0.0359. The lowest BCUT2D eigenvalue weighted by Gasteiger charge is -2.34. The smallest absolute Gasteiger partial charge is 0.240 e. The van der Waals surface area contributed by atoms with Crippen molar-refractivity contribution in [1.29, 1.82) is 0 Å². The Balaban J connectivity index is 2.50. The molecule has 0 spiro atoms. The lowest BCUT2D eigenvalue weighted by atomic mass is 9.99. The molecule has 0 aliphatic carbocycles. The van der Waals surface area contributed by atoms with E-state index in [0.29, 0.717) is 31.8 Å². The van der Waals surface area contributed by atoms with Crippen molar-refractivity contribution in [3.05, 3.63) is 0 Å². The maximum Gasteiger partial charge on any atom is 0.240 e. The third-order valence-electron chi connectivity index (χ3n) is 3.40. The Kier molecular flexibility index (Phi) is 5.41. The van der Waals surface area contributed by atoms with Crippen LogP contribution in [0.4, 0.5) is 0 Å². The second-order valence-corrected chi connectivity index (χ2v) is 4.88. The van der Waals surface area contributed by atoms with Gasteiger partial charge in [-0.2, -0.15) is 0 Å². The molecule has 17 heavy (non-hydrogen) atoms. The predicted molar refractivity (Wildman–Crippen MR) is 66.0 cm³/mol. The summed E-state index contributed by atoms with van der Waals surface area (Å²) in [6, 6.07) is -0.399. The molecule has 2 atom stereocenters. The molecule has 0 radical (unpaired) electrons. The van der Waals surface area contributed by atoms with Gasteiger partial charge in [-0.1, -0.05) is 6.92 Å². The maximum absolute atomic E-state index is 12.0. The van der Waals surface area contributed by atoms with Gasteiger partial charge < -0.3 is 16.4 Å². The summed E-state index contributed by atoms with van der Waals surface area (Å²) in [6.45, 7) is 3.27. The molecule has 0 saturated carbocycles. The number of nitrogens with zero attached hydrogens (tertiary/aromatic N) is 1. The average molecular weight is 241 g/mol. The number of rotatable bonds is 5. The van der Waals surface area contributed by atoms with Crippen LogP contribution in [0.25, 0.3) is 0 Å². The molecule has 4 N–H and O–H groups in total. The molecular weight excluding hydrogens is 218 g/mol. The van der Waals surface area contributed by atoms with Gasteiger partial charge in [0.15, 0.2) is 0 Å². The number of carbonyl (C=O) groups is 2. The van der Waals surface area contributed by atoms with Gasteiger partial charge in [0.2, 0.25) is 11.8 Å². The van der Waals surface area contributed by atoms with Crippen molar-refractivity contribution in [2.45, 2.75) is 45.1 Å². The number of primary amides is 1. The first kappa shape index (κ1) is 14.0. The van der Waals surface area contributed by atoms with Crippen molar-refractivity contribution < 1.29 is 9.59 Å². The maximum atomic E-state index is 12.0. The molecule has 5 nitrogen and oxygen atoms in total. The first-order chi connectivity index (χ1) is 8.06. The summed E-state index contributed by atoms with van der Waals surface area (Å²) in [5.41, 5.74) is 10.8. The van der Waals surface area contributed by atoms with Gasteiger partial charge in [0, 0.05) is 13.0 Å². The molecule has 1 aliphatic rings. The van der Waals surface area contributed by atoms with Gasteiger partial charge >= 0.3 is 0 Å². The summed E-state index contributed by atoms with van der Waals surface area (Å²) in [5, 5.41) is 0. The SMILES string of the molecule is CC(CN)CCC(=O)N1CCCCC1C(N)=O. The van der Waals surface area contributed by atoms with Crippen molar-refractivity contribution in [1.82, 2.24) is 4.90 Å². The predicted octanol–water partition coefficient (Wildman–Crippen LogP) is 0.228. The van der Waals surface area contributed by atoms with Gasteiger partial charge in [-0.25, -0.2) is 0 Å². The monoisotopic (exact) mass is 241 g/mol. The van der Waals surface area contributed by atoms with Crippen LogP contribution in [0.2, 0.25) is 0 Å². The molecule has 98 valence electrons. The van der Waals surface area contributed by atoms with Crippen LogP contribution in [0.1, 0.15) is 39.0 Å². The number of likely N-dealkylation sites (tertiary alicyclic amines) is 1. The summed E-state index contributed by atoms with van der Waals surface area (Å²) < 4.78 is 0. The quantitative estimate of drug-likeness (QED) is 0.722. The van der Waals surface area contributed by atoms with E-state index < -0.39 is 6.04 Å². The first-order valence-electron chi connectivity index (χ1n) is 6.35. The lowest BCUT2D eigenvalue weighted by Crippen LogP contribution is -2.50. The second kappa shape index (κ2) is 6.59. The molecule has 2 unspecified atom stereocenters. The van der Waals surface area contributed by atoms with Crippen LogP contribution in [0.15, 0.2) is 0 Å². The van der Waals surface area contributed by atoms with Crippen molar-refractivity contribution in [3.63, 3.8) is 0 Å². The van der Waals surface area contributed by atoms with Crippen LogP contribution in [-0.2, 0) is 9.59 Å². The van der Waals surface area contributed by atoms with Crippen molar-refractivity contribution in [3.8, 4) is 0 Å². The lowest BCUT2D eigenvalue weighted by molar-refractivity contribution is -0.141. The Morgan fingerprint density at radius 3 is 2.71 bits per heavy atom. The van der Waals surface area contributed by atoms with E-state index in [-0.39, 0.29) is 11.8 Å². The molecule has 1 aliphatic heterocycles. The largest absolute Gasteiger partial charge is 0.368 e. The molecule has 0 aromatic carbocycles. The fourth-order valence-corrected chi connectivity index (χ4v) is 2.16. The number of hydrogen-bond donors (Lipinski definition) is 2.